The molecule has 1 aliphatic heterocycles. The standard InChI is InChI=1S/C15H19N3O4S2/c1-2-23(19,20)17-11-14-6-4-8-18(12-14)24(21,22)15-7-3-5-13(9-15)10-16/h2-3,5,7,9,14,17H,1,4,6,8,11-12H2. The van der Waals surface area contributed by atoms with E-state index >= 15 is 0 Å². The monoisotopic (exact) mass is 369 g/mol. The Morgan fingerprint density at radius 2 is 2.12 bits per heavy atom. The van der Waals surface area contributed by atoms with Gasteiger partial charge in [-0.3, -0.25) is 0 Å². The molecule has 0 aliphatic carbocycles. The van der Waals surface area contributed by atoms with Gasteiger partial charge in [-0.15, -0.1) is 0 Å². The molecule has 7 nitrogen and oxygen atoms in total. The van der Waals surface area contributed by atoms with Crippen molar-refractivity contribution in [2.75, 3.05) is 19.6 Å². The third-order valence-corrected chi connectivity index (χ3v) is 6.74. The lowest BCUT2D eigenvalue weighted by Crippen LogP contribution is -2.43. The van der Waals surface area contributed by atoms with Crippen LogP contribution in [0.4, 0.5) is 0 Å². The Balaban J connectivity index is 2.13. The summed E-state index contributed by atoms with van der Waals surface area (Å²) in [6, 6.07) is 7.81. The van der Waals surface area contributed by atoms with Crippen LogP contribution in [0.3, 0.4) is 0 Å². The number of piperidine rings is 1. The molecule has 0 spiro atoms. The fraction of sp³-hybridized carbons (Fsp3) is 0.400. The Hall–Kier alpha value is -1.73. The summed E-state index contributed by atoms with van der Waals surface area (Å²) in [4.78, 5) is 0.0777. The molecule has 1 atom stereocenters. The third kappa shape index (κ3) is 4.42. The highest BCUT2D eigenvalue weighted by Crippen LogP contribution is 2.24. The Bertz CT molecular complexity index is 857. The summed E-state index contributed by atoms with van der Waals surface area (Å²) in [5, 5.41) is 9.75. The van der Waals surface area contributed by atoms with Crippen molar-refractivity contribution in [1.29, 1.82) is 5.26 Å². The van der Waals surface area contributed by atoms with Gasteiger partial charge in [0.2, 0.25) is 20.0 Å². The normalized spacial score (nSPS) is 19.5. The topological polar surface area (TPSA) is 107 Å². The molecule has 0 amide bonds. The fourth-order valence-electron chi connectivity index (χ4n) is 2.58. The maximum atomic E-state index is 12.7. The van der Waals surface area contributed by atoms with Gasteiger partial charge < -0.3 is 0 Å². The SMILES string of the molecule is C=CS(=O)(=O)NCC1CCCN(S(=O)(=O)c2cccc(C#N)c2)C1. The van der Waals surface area contributed by atoms with Gasteiger partial charge in [-0.1, -0.05) is 12.6 Å². The first kappa shape index (κ1) is 18.6. The first-order chi connectivity index (χ1) is 11.3. The molecular weight excluding hydrogens is 350 g/mol. The molecule has 9 heteroatoms. The Kier molecular flexibility index (Phi) is 5.77. The maximum absolute atomic E-state index is 12.7. The van der Waals surface area contributed by atoms with Gasteiger partial charge in [0.1, 0.15) is 0 Å². The van der Waals surface area contributed by atoms with Crippen LogP contribution in [0, 0.1) is 17.2 Å². The molecule has 130 valence electrons. The van der Waals surface area contributed by atoms with E-state index in [1.807, 2.05) is 6.07 Å². The molecule has 1 unspecified atom stereocenters. The summed E-state index contributed by atoms with van der Waals surface area (Å²) in [5.41, 5.74) is 0.281. The third-order valence-electron chi connectivity index (χ3n) is 3.88. The lowest BCUT2D eigenvalue weighted by Gasteiger charge is -2.31. The van der Waals surface area contributed by atoms with Crippen molar-refractivity contribution < 1.29 is 16.8 Å². The number of nitrogens with zero attached hydrogens (tertiary/aromatic N) is 2. The van der Waals surface area contributed by atoms with E-state index in [2.05, 4.69) is 11.3 Å². The van der Waals surface area contributed by atoms with E-state index in [-0.39, 0.29) is 29.5 Å². The first-order valence-electron chi connectivity index (χ1n) is 7.41. The van der Waals surface area contributed by atoms with Crippen molar-refractivity contribution in [3.8, 4) is 6.07 Å². The minimum Gasteiger partial charge on any atom is -0.211 e. The zero-order valence-electron chi connectivity index (χ0n) is 13.1. The van der Waals surface area contributed by atoms with Crippen LogP contribution in [0.15, 0.2) is 41.1 Å². The summed E-state index contributed by atoms with van der Waals surface area (Å²) < 4.78 is 52.0. The van der Waals surface area contributed by atoms with Crippen molar-refractivity contribution >= 4 is 20.0 Å². The number of hydrogen-bond acceptors (Lipinski definition) is 5. The average molecular weight is 369 g/mol. The van der Waals surface area contributed by atoms with Gasteiger partial charge in [0.05, 0.1) is 16.5 Å². The van der Waals surface area contributed by atoms with Gasteiger partial charge in [0.25, 0.3) is 0 Å². The van der Waals surface area contributed by atoms with Crippen LogP contribution in [-0.2, 0) is 20.0 Å². The summed E-state index contributed by atoms with van der Waals surface area (Å²) >= 11 is 0. The number of benzene rings is 1. The number of sulfonamides is 2. The van der Waals surface area contributed by atoms with Gasteiger partial charge in [-0.25, -0.2) is 21.6 Å². The number of nitrogens with one attached hydrogen (secondary N) is 1. The second-order valence-electron chi connectivity index (χ2n) is 5.57. The van der Waals surface area contributed by atoms with Crippen molar-refractivity contribution in [2.45, 2.75) is 17.7 Å². The summed E-state index contributed by atoms with van der Waals surface area (Å²) in [7, 11) is -7.23. The molecule has 0 bridgehead atoms. The molecule has 0 saturated carbocycles. The lowest BCUT2D eigenvalue weighted by molar-refractivity contribution is 0.267. The Morgan fingerprint density at radius 3 is 2.79 bits per heavy atom. The molecule has 0 radical (unpaired) electrons. The van der Waals surface area contributed by atoms with Crippen LogP contribution in [0.2, 0.25) is 0 Å². The van der Waals surface area contributed by atoms with Crippen molar-refractivity contribution in [3.05, 3.63) is 41.8 Å². The second kappa shape index (κ2) is 7.44. The van der Waals surface area contributed by atoms with Crippen LogP contribution in [0.25, 0.3) is 0 Å². The van der Waals surface area contributed by atoms with Crippen molar-refractivity contribution in [1.82, 2.24) is 9.03 Å². The summed E-state index contributed by atoms with van der Waals surface area (Å²) in [5.74, 6) is -0.109. The summed E-state index contributed by atoms with van der Waals surface area (Å²) in [6.07, 6.45) is 1.39. The number of rotatable bonds is 6. The highest BCUT2D eigenvalue weighted by Gasteiger charge is 2.30. The second-order valence-corrected chi connectivity index (χ2v) is 9.22. The number of hydrogen-bond donors (Lipinski definition) is 1. The van der Waals surface area contributed by atoms with Crippen LogP contribution in [0.5, 0.6) is 0 Å². The maximum Gasteiger partial charge on any atom is 0.243 e. The molecule has 1 aliphatic rings. The fourth-order valence-corrected chi connectivity index (χ4v) is 4.77. The molecule has 1 heterocycles. The first-order valence-corrected chi connectivity index (χ1v) is 10.4. The quantitative estimate of drug-likeness (QED) is 0.805. The molecule has 1 N–H and O–H groups in total. The van der Waals surface area contributed by atoms with E-state index in [0.717, 1.165) is 11.8 Å². The Morgan fingerprint density at radius 1 is 1.38 bits per heavy atom. The van der Waals surface area contributed by atoms with Gasteiger partial charge in [-0.2, -0.15) is 9.57 Å². The molecular formula is C15H19N3O4S2. The van der Waals surface area contributed by atoms with Crippen molar-refractivity contribution in [3.63, 3.8) is 0 Å². The Labute approximate surface area is 142 Å². The molecule has 1 aromatic carbocycles. The van der Waals surface area contributed by atoms with E-state index in [0.29, 0.717) is 13.0 Å². The van der Waals surface area contributed by atoms with E-state index in [1.54, 1.807) is 6.07 Å². The van der Waals surface area contributed by atoms with E-state index in [1.165, 1.54) is 22.5 Å². The smallest absolute Gasteiger partial charge is 0.211 e. The van der Waals surface area contributed by atoms with Crippen LogP contribution in [-0.4, -0.2) is 40.8 Å². The zero-order chi connectivity index (χ0) is 17.8. The highest BCUT2D eigenvalue weighted by molar-refractivity contribution is 7.92. The minimum atomic E-state index is -3.70. The highest BCUT2D eigenvalue weighted by atomic mass is 32.2. The number of nitriles is 1. The molecule has 2 rings (SSSR count). The van der Waals surface area contributed by atoms with E-state index in [4.69, 9.17) is 5.26 Å². The molecule has 24 heavy (non-hydrogen) atoms. The molecule has 1 aromatic rings. The largest absolute Gasteiger partial charge is 0.243 e. The van der Waals surface area contributed by atoms with Crippen LogP contribution < -0.4 is 4.72 Å². The van der Waals surface area contributed by atoms with E-state index in [9.17, 15) is 16.8 Å². The molecule has 0 aromatic heterocycles. The summed E-state index contributed by atoms with van der Waals surface area (Å²) in [6.45, 7) is 4.00. The van der Waals surface area contributed by atoms with Gasteiger partial charge >= 0.3 is 0 Å². The lowest BCUT2D eigenvalue weighted by atomic mass is 10.0. The van der Waals surface area contributed by atoms with Crippen LogP contribution >= 0.6 is 0 Å². The molecule has 1 saturated heterocycles. The molecule has 1 fully saturated rings. The minimum absolute atomic E-state index is 0.0777. The predicted molar refractivity (Wildman–Crippen MR) is 89.8 cm³/mol. The average Bonchev–Trinajstić information content (AvgIpc) is 2.60. The predicted octanol–water partition coefficient (Wildman–Crippen LogP) is 1.02. The zero-order valence-corrected chi connectivity index (χ0v) is 14.7. The van der Waals surface area contributed by atoms with E-state index < -0.39 is 20.0 Å². The van der Waals surface area contributed by atoms with Gasteiger partial charge in [-0.05, 0) is 37.0 Å². The van der Waals surface area contributed by atoms with Gasteiger partial charge in [0, 0.05) is 25.0 Å². The van der Waals surface area contributed by atoms with Gasteiger partial charge in [0.15, 0.2) is 0 Å². The van der Waals surface area contributed by atoms with Crippen LogP contribution in [0.1, 0.15) is 18.4 Å². The van der Waals surface area contributed by atoms with Crippen molar-refractivity contribution in [2.24, 2.45) is 5.92 Å².